The van der Waals surface area contributed by atoms with Gasteiger partial charge in [0.15, 0.2) is 18.2 Å². The van der Waals surface area contributed by atoms with Gasteiger partial charge in [0, 0.05) is 18.8 Å². The summed E-state index contributed by atoms with van der Waals surface area (Å²) in [6.45, 7) is 4.98. The lowest BCUT2D eigenvalue weighted by Crippen LogP contribution is -2.14. The molecule has 2 aromatic heterocycles. The molecule has 0 saturated heterocycles. The van der Waals surface area contributed by atoms with Crippen molar-refractivity contribution in [3.05, 3.63) is 59.0 Å². The summed E-state index contributed by atoms with van der Waals surface area (Å²) in [7, 11) is 3.93. The Balaban J connectivity index is 1.58. The maximum atomic E-state index is 12.3. The topological polar surface area (TPSA) is 88.1 Å². The number of rotatable bonds is 7. The van der Waals surface area contributed by atoms with Gasteiger partial charge in [0.05, 0.1) is 5.69 Å². The van der Waals surface area contributed by atoms with Gasteiger partial charge in [-0.1, -0.05) is 17.7 Å². The van der Waals surface area contributed by atoms with Gasteiger partial charge in [-0.25, -0.2) is 4.68 Å². The highest BCUT2D eigenvalue weighted by atomic mass is 16.5. The van der Waals surface area contributed by atoms with E-state index < -0.39 is 0 Å². The summed E-state index contributed by atoms with van der Waals surface area (Å²) in [5, 5.41) is 14.0. The molecule has 27 heavy (non-hydrogen) atoms. The lowest BCUT2D eigenvalue weighted by atomic mass is 10.1. The Morgan fingerprint density at radius 3 is 2.81 bits per heavy atom. The van der Waals surface area contributed by atoms with Crippen LogP contribution in [0.2, 0.25) is 0 Å². The molecule has 1 aromatic carbocycles. The molecule has 0 unspecified atom stereocenters. The van der Waals surface area contributed by atoms with Gasteiger partial charge in [0.1, 0.15) is 5.75 Å². The number of aryl methyl sites for hydroxylation is 2. The van der Waals surface area contributed by atoms with Crippen LogP contribution in [-0.4, -0.2) is 44.9 Å². The SMILES string of the molecule is Cc1ccc(OCn2ccc(C(=O)Nc3cc(CN(C)C)[nH]n3)n2)c(C)c1. The molecule has 0 fully saturated rings. The quantitative estimate of drug-likeness (QED) is 0.669. The molecular weight excluding hydrogens is 344 g/mol. The molecule has 2 N–H and O–H groups in total. The van der Waals surface area contributed by atoms with Gasteiger partial charge < -0.3 is 15.0 Å². The van der Waals surface area contributed by atoms with E-state index in [-0.39, 0.29) is 12.6 Å². The fraction of sp³-hybridized carbons (Fsp3) is 0.316. The van der Waals surface area contributed by atoms with Crippen molar-refractivity contribution >= 4 is 11.7 Å². The Hall–Kier alpha value is -3.13. The van der Waals surface area contributed by atoms with Crippen molar-refractivity contribution in [2.45, 2.75) is 27.1 Å². The predicted molar refractivity (Wildman–Crippen MR) is 103 cm³/mol. The predicted octanol–water partition coefficient (Wildman–Crippen LogP) is 2.57. The van der Waals surface area contributed by atoms with Crippen LogP contribution in [0.25, 0.3) is 0 Å². The lowest BCUT2D eigenvalue weighted by Gasteiger charge is -2.09. The minimum absolute atomic E-state index is 0.229. The van der Waals surface area contributed by atoms with Crippen LogP contribution in [-0.2, 0) is 13.3 Å². The van der Waals surface area contributed by atoms with Crippen LogP contribution in [0.4, 0.5) is 5.82 Å². The molecule has 0 radical (unpaired) electrons. The summed E-state index contributed by atoms with van der Waals surface area (Å²) in [5.41, 5.74) is 3.47. The summed E-state index contributed by atoms with van der Waals surface area (Å²) in [6.07, 6.45) is 1.71. The molecule has 2 heterocycles. The summed E-state index contributed by atoms with van der Waals surface area (Å²) in [4.78, 5) is 14.3. The highest BCUT2D eigenvalue weighted by molar-refractivity contribution is 6.02. The van der Waals surface area contributed by atoms with Crippen molar-refractivity contribution in [3.8, 4) is 5.75 Å². The maximum Gasteiger partial charge on any atom is 0.277 e. The van der Waals surface area contributed by atoms with E-state index in [1.54, 1.807) is 23.0 Å². The number of ether oxygens (including phenoxy) is 1. The standard InChI is InChI=1S/C19H24N6O2/c1-13-5-6-17(14(2)9-13)27-12-25-8-7-16(23-25)19(26)20-18-10-15(21-22-18)11-24(3)4/h5-10H,11-12H2,1-4H3,(H2,20,21,22,26). The van der Waals surface area contributed by atoms with Gasteiger partial charge in [-0.15, -0.1) is 0 Å². The first kappa shape index (κ1) is 18.7. The molecule has 0 aliphatic heterocycles. The number of carbonyl (C=O) groups excluding carboxylic acids is 1. The van der Waals surface area contributed by atoms with Crippen molar-refractivity contribution in [1.82, 2.24) is 24.9 Å². The minimum Gasteiger partial charge on any atom is -0.471 e. The van der Waals surface area contributed by atoms with Crippen molar-refractivity contribution in [2.24, 2.45) is 0 Å². The molecule has 0 aliphatic carbocycles. The molecule has 0 aliphatic rings. The number of nitrogens with one attached hydrogen (secondary N) is 2. The van der Waals surface area contributed by atoms with Gasteiger partial charge in [-0.2, -0.15) is 10.2 Å². The number of amides is 1. The number of H-pyrrole nitrogens is 1. The molecule has 8 nitrogen and oxygen atoms in total. The van der Waals surface area contributed by atoms with Crippen LogP contribution >= 0.6 is 0 Å². The third-order valence-corrected chi connectivity index (χ3v) is 3.92. The normalized spacial score (nSPS) is 11.0. The first-order chi connectivity index (χ1) is 12.9. The Morgan fingerprint density at radius 2 is 2.07 bits per heavy atom. The monoisotopic (exact) mass is 368 g/mol. The Kier molecular flexibility index (Phi) is 5.56. The van der Waals surface area contributed by atoms with Gasteiger partial charge in [0.2, 0.25) is 0 Å². The Morgan fingerprint density at radius 1 is 1.26 bits per heavy atom. The van der Waals surface area contributed by atoms with E-state index in [0.717, 1.165) is 17.0 Å². The van der Waals surface area contributed by atoms with Crippen LogP contribution in [0.15, 0.2) is 36.5 Å². The van der Waals surface area contributed by atoms with Gasteiger partial charge in [0.25, 0.3) is 5.91 Å². The highest BCUT2D eigenvalue weighted by Gasteiger charge is 2.12. The van der Waals surface area contributed by atoms with Gasteiger partial charge in [-0.05, 0) is 45.6 Å². The number of hydrogen-bond acceptors (Lipinski definition) is 5. The second-order valence-corrected chi connectivity index (χ2v) is 6.75. The highest BCUT2D eigenvalue weighted by Crippen LogP contribution is 2.19. The summed E-state index contributed by atoms with van der Waals surface area (Å²) < 4.78 is 7.36. The summed E-state index contributed by atoms with van der Waals surface area (Å²) in [5.74, 6) is 0.952. The molecule has 1 amide bonds. The third kappa shape index (κ3) is 4.95. The average Bonchev–Trinajstić information content (AvgIpc) is 3.23. The number of aromatic nitrogens is 4. The van der Waals surface area contributed by atoms with E-state index in [1.165, 1.54) is 5.56 Å². The summed E-state index contributed by atoms with van der Waals surface area (Å²) >= 11 is 0. The van der Waals surface area contributed by atoms with E-state index >= 15 is 0 Å². The largest absolute Gasteiger partial charge is 0.471 e. The van der Waals surface area contributed by atoms with Crippen molar-refractivity contribution in [3.63, 3.8) is 0 Å². The molecule has 0 spiro atoms. The second-order valence-electron chi connectivity index (χ2n) is 6.75. The van der Waals surface area contributed by atoms with E-state index in [1.807, 2.05) is 45.0 Å². The van der Waals surface area contributed by atoms with Crippen LogP contribution in [0, 0.1) is 13.8 Å². The van der Waals surface area contributed by atoms with Crippen molar-refractivity contribution in [2.75, 3.05) is 19.4 Å². The van der Waals surface area contributed by atoms with Crippen molar-refractivity contribution in [1.29, 1.82) is 0 Å². The molecule has 0 saturated carbocycles. The zero-order valence-electron chi connectivity index (χ0n) is 16.0. The minimum atomic E-state index is -0.317. The fourth-order valence-electron chi connectivity index (χ4n) is 2.68. The second kappa shape index (κ2) is 8.05. The average molecular weight is 368 g/mol. The number of hydrogen-bond donors (Lipinski definition) is 2. The lowest BCUT2D eigenvalue weighted by molar-refractivity contribution is 0.102. The number of aromatic amines is 1. The molecule has 0 atom stereocenters. The Labute approximate surface area is 158 Å². The van der Waals surface area contributed by atoms with E-state index in [9.17, 15) is 4.79 Å². The summed E-state index contributed by atoms with van der Waals surface area (Å²) in [6, 6.07) is 9.45. The number of benzene rings is 1. The maximum absolute atomic E-state index is 12.3. The first-order valence-corrected chi connectivity index (χ1v) is 8.64. The molecule has 3 aromatic rings. The van der Waals surface area contributed by atoms with Crippen LogP contribution in [0.1, 0.15) is 27.3 Å². The van der Waals surface area contributed by atoms with Crippen LogP contribution in [0.5, 0.6) is 5.75 Å². The van der Waals surface area contributed by atoms with E-state index in [0.29, 0.717) is 18.1 Å². The first-order valence-electron chi connectivity index (χ1n) is 8.64. The van der Waals surface area contributed by atoms with Crippen LogP contribution < -0.4 is 10.1 Å². The molecular formula is C19H24N6O2. The number of anilines is 1. The third-order valence-electron chi connectivity index (χ3n) is 3.92. The molecule has 3 rings (SSSR count). The number of nitrogens with zero attached hydrogens (tertiary/aromatic N) is 4. The van der Waals surface area contributed by atoms with Gasteiger partial charge >= 0.3 is 0 Å². The fourth-order valence-corrected chi connectivity index (χ4v) is 2.68. The smallest absolute Gasteiger partial charge is 0.277 e. The van der Waals surface area contributed by atoms with Gasteiger partial charge in [-0.3, -0.25) is 9.89 Å². The molecule has 142 valence electrons. The Bertz CT molecular complexity index is 928. The number of carbonyl (C=O) groups is 1. The van der Waals surface area contributed by atoms with Crippen molar-refractivity contribution < 1.29 is 9.53 Å². The van der Waals surface area contributed by atoms with E-state index in [2.05, 4.69) is 26.7 Å². The molecule has 0 bridgehead atoms. The molecule has 8 heteroatoms. The van der Waals surface area contributed by atoms with Crippen LogP contribution in [0.3, 0.4) is 0 Å². The van der Waals surface area contributed by atoms with E-state index in [4.69, 9.17) is 4.74 Å². The zero-order chi connectivity index (χ0) is 19.4. The zero-order valence-corrected chi connectivity index (χ0v) is 16.0.